The zero-order chi connectivity index (χ0) is 10.4. The summed E-state index contributed by atoms with van der Waals surface area (Å²) in [5, 5.41) is 0. The first-order chi connectivity index (χ1) is 5.99. The quantitative estimate of drug-likeness (QED) is 0.379. The first-order valence-corrected chi connectivity index (χ1v) is 4.20. The van der Waals surface area contributed by atoms with Crippen LogP contribution in [0.15, 0.2) is 11.6 Å². The lowest BCUT2D eigenvalue weighted by Crippen LogP contribution is -2.22. The van der Waals surface area contributed by atoms with Crippen molar-refractivity contribution in [2.45, 2.75) is 27.2 Å². The molecule has 0 saturated carbocycles. The van der Waals surface area contributed by atoms with Crippen molar-refractivity contribution in [1.82, 2.24) is 0 Å². The van der Waals surface area contributed by atoms with E-state index >= 15 is 0 Å². The number of Topliss-reactive ketones (excluding diaryl/α,β-unsaturated/α-hetero) is 1. The number of ketones is 1. The monoisotopic (exact) mass is 184 g/mol. The summed E-state index contributed by atoms with van der Waals surface area (Å²) >= 11 is 0. The molecule has 0 aliphatic rings. The van der Waals surface area contributed by atoms with Crippen LogP contribution in [0.25, 0.3) is 0 Å². The topological polar surface area (TPSA) is 43.4 Å². The minimum atomic E-state index is -0.639. The van der Waals surface area contributed by atoms with E-state index < -0.39 is 11.9 Å². The third-order valence-corrected chi connectivity index (χ3v) is 1.74. The molecule has 3 nitrogen and oxygen atoms in total. The van der Waals surface area contributed by atoms with Crippen LogP contribution in [-0.4, -0.2) is 18.9 Å². The SMILES string of the molecule is COC(=O)[C@H](CC=C(C)C)C(C)=O. The van der Waals surface area contributed by atoms with Crippen LogP contribution in [0.3, 0.4) is 0 Å². The summed E-state index contributed by atoms with van der Waals surface area (Å²) in [6.45, 7) is 5.25. The molecule has 0 radical (unpaired) electrons. The number of esters is 1. The highest BCUT2D eigenvalue weighted by Crippen LogP contribution is 2.09. The molecule has 0 N–H and O–H groups in total. The fourth-order valence-electron chi connectivity index (χ4n) is 0.924. The van der Waals surface area contributed by atoms with E-state index in [1.165, 1.54) is 14.0 Å². The average molecular weight is 184 g/mol. The molecule has 0 aromatic heterocycles. The number of hydrogen-bond acceptors (Lipinski definition) is 3. The van der Waals surface area contributed by atoms with Crippen molar-refractivity contribution in [3.8, 4) is 0 Å². The maximum Gasteiger partial charge on any atom is 0.316 e. The minimum Gasteiger partial charge on any atom is -0.468 e. The lowest BCUT2D eigenvalue weighted by atomic mass is 10.0. The molecule has 13 heavy (non-hydrogen) atoms. The van der Waals surface area contributed by atoms with Crippen LogP contribution in [0, 0.1) is 5.92 Å². The highest BCUT2D eigenvalue weighted by Gasteiger charge is 2.22. The Bertz CT molecular complexity index is 224. The molecule has 3 heteroatoms. The van der Waals surface area contributed by atoms with Crippen LogP contribution in [0.5, 0.6) is 0 Å². The number of rotatable bonds is 4. The first kappa shape index (κ1) is 11.9. The summed E-state index contributed by atoms with van der Waals surface area (Å²) in [7, 11) is 1.29. The normalized spacial score (nSPS) is 11.7. The van der Waals surface area contributed by atoms with Gasteiger partial charge in [-0.3, -0.25) is 9.59 Å². The zero-order valence-corrected chi connectivity index (χ0v) is 8.59. The molecule has 0 amide bonds. The van der Waals surface area contributed by atoms with E-state index in [0.29, 0.717) is 6.42 Å². The van der Waals surface area contributed by atoms with Gasteiger partial charge in [-0.25, -0.2) is 0 Å². The Balaban J connectivity index is 4.36. The van der Waals surface area contributed by atoms with E-state index in [0.717, 1.165) is 5.57 Å². The third-order valence-electron chi connectivity index (χ3n) is 1.74. The van der Waals surface area contributed by atoms with Crippen molar-refractivity contribution in [1.29, 1.82) is 0 Å². The van der Waals surface area contributed by atoms with Gasteiger partial charge in [0.2, 0.25) is 0 Å². The van der Waals surface area contributed by atoms with Gasteiger partial charge in [0, 0.05) is 0 Å². The average Bonchev–Trinajstić information content (AvgIpc) is 2.03. The van der Waals surface area contributed by atoms with E-state index in [-0.39, 0.29) is 5.78 Å². The molecule has 0 bridgehead atoms. The number of ether oxygens (including phenoxy) is 1. The molecule has 0 aromatic carbocycles. The van der Waals surface area contributed by atoms with Crippen LogP contribution in [-0.2, 0) is 14.3 Å². The number of allylic oxidation sites excluding steroid dienone is 2. The second-order valence-electron chi connectivity index (χ2n) is 3.20. The summed E-state index contributed by atoms with van der Waals surface area (Å²) in [5.41, 5.74) is 1.09. The molecular weight excluding hydrogens is 168 g/mol. The number of methoxy groups -OCH3 is 1. The van der Waals surface area contributed by atoms with Crippen molar-refractivity contribution < 1.29 is 14.3 Å². The maximum absolute atomic E-state index is 11.1. The Kier molecular flexibility index (Phi) is 5.04. The Morgan fingerprint density at radius 1 is 1.31 bits per heavy atom. The third kappa shape index (κ3) is 4.45. The van der Waals surface area contributed by atoms with Gasteiger partial charge in [-0.05, 0) is 27.2 Å². The molecule has 0 unspecified atom stereocenters. The van der Waals surface area contributed by atoms with E-state index in [1.807, 2.05) is 19.9 Å². The summed E-state index contributed by atoms with van der Waals surface area (Å²) in [6, 6.07) is 0. The Hall–Kier alpha value is -1.12. The van der Waals surface area contributed by atoms with Crippen molar-refractivity contribution in [2.75, 3.05) is 7.11 Å². The largest absolute Gasteiger partial charge is 0.468 e. The lowest BCUT2D eigenvalue weighted by Gasteiger charge is -2.08. The molecule has 0 heterocycles. The standard InChI is InChI=1S/C10H16O3/c1-7(2)5-6-9(8(3)11)10(12)13-4/h5,9H,6H2,1-4H3/t9-/m1/s1. The predicted molar refractivity (Wildman–Crippen MR) is 50.2 cm³/mol. The van der Waals surface area contributed by atoms with Crippen molar-refractivity contribution in [3.63, 3.8) is 0 Å². The molecule has 0 aliphatic heterocycles. The molecule has 0 aliphatic carbocycles. The van der Waals surface area contributed by atoms with Crippen LogP contribution in [0.4, 0.5) is 0 Å². The second-order valence-corrected chi connectivity index (χ2v) is 3.20. The Morgan fingerprint density at radius 3 is 2.15 bits per heavy atom. The van der Waals surface area contributed by atoms with E-state index in [9.17, 15) is 9.59 Å². The Morgan fingerprint density at radius 2 is 1.85 bits per heavy atom. The maximum atomic E-state index is 11.1. The highest BCUT2D eigenvalue weighted by atomic mass is 16.5. The molecule has 74 valence electrons. The van der Waals surface area contributed by atoms with Crippen molar-refractivity contribution in [2.24, 2.45) is 5.92 Å². The second kappa shape index (κ2) is 5.51. The van der Waals surface area contributed by atoms with Crippen molar-refractivity contribution in [3.05, 3.63) is 11.6 Å². The van der Waals surface area contributed by atoms with Gasteiger partial charge in [0.05, 0.1) is 7.11 Å². The van der Waals surface area contributed by atoms with Gasteiger partial charge in [-0.1, -0.05) is 11.6 Å². The Labute approximate surface area is 78.8 Å². The van der Waals surface area contributed by atoms with Crippen molar-refractivity contribution >= 4 is 11.8 Å². The molecule has 0 rings (SSSR count). The molecule has 0 fully saturated rings. The molecule has 1 atom stereocenters. The highest BCUT2D eigenvalue weighted by molar-refractivity contribution is 5.97. The van der Waals surface area contributed by atoms with E-state index in [1.54, 1.807) is 0 Å². The number of carbonyl (C=O) groups excluding carboxylic acids is 2. The smallest absolute Gasteiger partial charge is 0.316 e. The number of hydrogen-bond donors (Lipinski definition) is 0. The van der Waals surface area contributed by atoms with Crippen LogP contribution in [0.1, 0.15) is 27.2 Å². The summed E-state index contributed by atoms with van der Waals surface area (Å²) in [6.07, 6.45) is 2.30. The van der Waals surface area contributed by atoms with E-state index in [4.69, 9.17) is 0 Å². The van der Waals surface area contributed by atoms with Gasteiger partial charge < -0.3 is 4.74 Å². The molecule has 0 aromatic rings. The van der Waals surface area contributed by atoms with Gasteiger partial charge in [-0.2, -0.15) is 0 Å². The van der Waals surface area contributed by atoms with Crippen LogP contribution in [0.2, 0.25) is 0 Å². The van der Waals surface area contributed by atoms with E-state index in [2.05, 4.69) is 4.74 Å². The lowest BCUT2D eigenvalue weighted by molar-refractivity contribution is -0.148. The summed E-state index contributed by atoms with van der Waals surface area (Å²) in [4.78, 5) is 22.1. The fraction of sp³-hybridized carbons (Fsp3) is 0.600. The predicted octanol–water partition coefficient (Wildman–Crippen LogP) is 1.72. The van der Waals surface area contributed by atoms with Gasteiger partial charge >= 0.3 is 5.97 Å². The zero-order valence-electron chi connectivity index (χ0n) is 8.59. The minimum absolute atomic E-state index is 0.149. The summed E-state index contributed by atoms with van der Waals surface area (Å²) in [5.74, 6) is -1.24. The van der Waals surface area contributed by atoms with Crippen LogP contribution >= 0.6 is 0 Å². The molecular formula is C10H16O3. The van der Waals surface area contributed by atoms with Gasteiger partial charge in [0.25, 0.3) is 0 Å². The van der Waals surface area contributed by atoms with Crippen LogP contribution < -0.4 is 0 Å². The van der Waals surface area contributed by atoms with Gasteiger partial charge in [-0.15, -0.1) is 0 Å². The fourth-order valence-corrected chi connectivity index (χ4v) is 0.924. The molecule has 0 saturated heterocycles. The van der Waals surface area contributed by atoms with Gasteiger partial charge in [0.1, 0.15) is 11.7 Å². The number of carbonyl (C=O) groups is 2. The molecule has 0 spiro atoms. The first-order valence-electron chi connectivity index (χ1n) is 4.20. The van der Waals surface area contributed by atoms with Gasteiger partial charge in [0.15, 0.2) is 0 Å². The summed E-state index contributed by atoms with van der Waals surface area (Å²) < 4.78 is 4.52.